The molecular weight excluding hydrogens is 222 g/mol. The van der Waals surface area contributed by atoms with Gasteiger partial charge in [0, 0.05) is 0 Å². The van der Waals surface area contributed by atoms with E-state index in [2.05, 4.69) is 0 Å². The van der Waals surface area contributed by atoms with Gasteiger partial charge in [-0.3, -0.25) is 0 Å². The Balaban J connectivity index is 2.09. The van der Waals surface area contributed by atoms with Crippen molar-refractivity contribution in [2.24, 2.45) is 0 Å². The Hall–Kier alpha value is -1.90. The predicted molar refractivity (Wildman–Crippen MR) is 61.9 cm³/mol. The fraction of sp³-hybridized carbons (Fsp3) is 0.143. The van der Waals surface area contributed by atoms with Gasteiger partial charge in [0.05, 0.1) is 0 Å². The summed E-state index contributed by atoms with van der Waals surface area (Å²) < 4.78 is 31.6. The van der Waals surface area contributed by atoms with Crippen molar-refractivity contribution >= 4 is 0 Å². The van der Waals surface area contributed by atoms with Crippen LogP contribution >= 0.6 is 0 Å². The number of hydrogen-bond acceptors (Lipinski definition) is 1. The molecule has 17 heavy (non-hydrogen) atoms. The second kappa shape index (κ2) is 4.95. The minimum Gasteiger partial charge on any atom is -0.486 e. The first-order valence-corrected chi connectivity index (χ1v) is 5.28. The van der Waals surface area contributed by atoms with Gasteiger partial charge in [0.15, 0.2) is 11.6 Å². The SMILES string of the molecule is Cc1ccc(F)c(OCc2cccc(F)c2)c1. The molecule has 0 fully saturated rings. The van der Waals surface area contributed by atoms with Crippen molar-refractivity contribution in [1.82, 2.24) is 0 Å². The number of hydrogen-bond donors (Lipinski definition) is 0. The van der Waals surface area contributed by atoms with E-state index in [1.54, 1.807) is 24.3 Å². The first-order valence-electron chi connectivity index (χ1n) is 5.28. The Kier molecular flexibility index (Phi) is 3.38. The maximum absolute atomic E-state index is 13.4. The zero-order chi connectivity index (χ0) is 12.3. The lowest BCUT2D eigenvalue weighted by Crippen LogP contribution is -1.98. The molecule has 0 radical (unpaired) electrons. The lowest BCUT2D eigenvalue weighted by atomic mass is 10.2. The summed E-state index contributed by atoms with van der Waals surface area (Å²) in [6.07, 6.45) is 0. The lowest BCUT2D eigenvalue weighted by molar-refractivity contribution is 0.289. The molecule has 1 nitrogen and oxygen atoms in total. The highest BCUT2D eigenvalue weighted by atomic mass is 19.1. The number of halogens is 2. The summed E-state index contributed by atoms with van der Waals surface area (Å²) in [5, 5.41) is 0. The Labute approximate surface area is 98.7 Å². The average molecular weight is 234 g/mol. The zero-order valence-corrected chi connectivity index (χ0v) is 9.41. The molecule has 0 aliphatic heterocycles. The first kappa shape index (κ1) is 11.6. The van der Waals surface area contributed by atoms with Crippen molar-refractivity contribution in [3.05, 3.63) is 65.2 Å². The van der Waals surface area contributed by atoms with E-state index in [1.807, 2.05) is 6.92 Å². The van der Waals surface area contributed by atoms with Crippen LogP contribution in [0.2, 0.25) is 0 Å². The minimum atomic E-state index is -0.410. The molecule has 0 unspecified atom stereocenters. The Morgan fingerprint density at radius 1 is 1.06 bits per heavy atom. The average Bonchev–Trinajstić information content (AvgIpc) is 2.30. The second-order valence-corrected chi connectivity index (χ2v) is 3.85. The third-order valence-electron chi connectivity index (χ3n) is 2.37. The highest BCUT2D eigenvalue weighted by Gasteiger charge is 2.04. The Bertz CT molecular complexity index is 523. The van der Waals surface area contributed by atoms with Crippen LogP contribution in [0.25, 0.3) is 0 Å². The molecule has 0 atom stereocenters. The van der Waals surface area contributed by atoms with Gasteiger partial charge in [-0.1, -0.05) is 18.2 Å². The molecular formula is C14H12F2O. The monoisotopic (exact) mass is 234 g/mol. The molecule has 2 rings (SSSR count). The molecule has 2 aromatic carbocycles. The van der Waals surface area contributed by atoms with E-state index < -0.39 is 5.82 Å². The fourth-order valence-electron chi connectivity index (χ4n) is 1.51. The number of aryl methyl sites for hydroxylation is 1. The topological polar surface area (TPSA) is 9.23 Å². The highest BCUT2D eigenvalue weighted by molar-refractivity contribution is 5.29. The van der Waals surface area contributed by atoms with E-state index >= 15 is 0 Å². The summed E-state index contributed by atoms with van der Waals surface area (Å²) in [4.78, 5) is 0. The van der Waals surface area contributed by atoms with Crippen LogP contribution in [0.15, 0.2) is 42.5 Å². The van der Waals surface area contributed by atoms with Crippen molar-refractivity contribution in [2.45, 2.75) is 13.5 Å². The van der Waals surface area contributed by atoms with Gasteiger partial charge in [-0.25, -0.2) is 8.78 Å². The summed E-state index contributed by atoms with van der Waals surface area (Å²) in [7, 11) is 0. The number of rotatable bonds is 3. The summed E-state index contributed by atoms with van der Waals surface area (Å²) in [5.74, 6) is -0.544. The van der Waals surface area contributed by atoms with Gasteiger partial charge in [-0.15, -0.1) is 0 Å². The van der Waals surface area contributed by atoms with Gasteiger partial charge in [0.2, 0.25) is 0 Å². The van der Waals surface area contributed by atoms with Crippen LogP contribution in [0, 0.1) is 18.6 Å². The normalized spacial score (nSPS) is 10.3. The molecule has 3 heteroatoms. The maximum Gasteiger partial charge on any atom is 0.165 e. The molecule has 0 aliphatic rings. The molecule has 0 amide bonds. The fourth-order valence-corrected chi connectivity index (χ4v) is 1.51. The van der Waals surface area contributed by atoms with Crippen LogP contribution in [0.4, 0.5) is 8.78 Å². The number of ether oxygens (including phenoxy) is 1. The van der Waals surface area contributed by atoms with Crippen LogP contribution in [0.3, 0.4) is 0 Å². The van der Waals surface area contributed by atoms with Gasteiger partial charge < -0.3 is 4.74 Å². The quantitative estimate of drug-likeness (QED) is 0.783. The molecule has 0 saturated carbocycles. The van der Waals surface area contributed by atoms with Crippen molar-refractivity contribution < 1.29 is 13.5 Å². The molecule has 0 spiro atoms. The van der Waals surface area contributed by atoms with Crippen molar-refractivity contribution in [3.8, 4) is 5.75 Å². The van der Waals surface area contributed by atoms with Gasteiger partial charge in [0.25, 0.3) is 0 Å². The van der Waals surface area contributed by atoms with Crippen LogP contribution in [0.1, 0.15) is 11.1 Å². The largest absolute Gasteiger partial charge is 0.486 e. The van der Waals surface area contributed by atoms with E-state index in [4.69, 9.17) is 4.74 Å². The number of benzene rings is 2. The molecule has 2 aromatic rings. The standard InChI is InChI=1S/C14H12F2O/c1-10-5-6-13(16)14(7-10)17-9-11-3-2-4-12(15)8-11/h2-8H,9H2,1H3. The van der Waals surface area contributed by atoms with Crippen LogP contribution < -0.4 is 4.74 Å². The zero-order valence-electron chi connectivity index (χ0n) is 9.41. The van der Waals surface area contributed by atoms with E-state index in [0.29, 0.717) is 5.56 Å². The lowest BCUT2D eigenvalue weighted by Gasteiger charge is -2.08. The summed E-state index contributed by atoms with van der Waals surface area (Å²) >= 11 is 0. The van der Waals surface area contributed by atoms with Gasteiger partial charge >= 0.3 is 0 Å². The summed E-state index contributed by atoms with van der Waals surface area (Å²) in [5.41, 5.74) is 1.59. The molecule has 0 aromatic heterocycles. The van der Waals surface area contributed by atoms with Crippen molar-refractivity contribution in [3.63, 3.8) is 0 Å². The smallest absolute Gasteiger partial charge is 0.165 e. The van der Waals surface area contributed by atoms with E-state index in [0.717, 1.165) is 5.56 Å². The predicted octanol–water partition coefficient (Wildman–Crippen LogP) is 3.85. The maximum atomic E-state index is 13.4. The molecule has 0 saturated heterocycles. The van der Waals surface area contributed by atoms with E-state index in [-0.39, 0.29) is 18.2 Å². The minimum absolute atomic E-state index is 0.151. The van der Waals surface area contributed by atoms with E-state index in [9.17, 15) is 8.78 Å². The van der Waals surface area contributed by atoms with Crippen LogP contribution in [-0.4, -0.2) is 0 Å². The van der Waals surface area contributed by atoms with Crippen LogP contribution in [-0.2, 0) is 6.61 Å². The Morgan fingerprint density at radius 2 is 1.88 bits per heavy atom. The van der Waals surface area contributed by atoms with Crippen LogP contribution in [0.5, 0.6) is 5.75 Å². The summed E-state index contributed by atoms with van der Waals surface area (Å²) in [6, 6.07) is 10.7. The Morgan fingerprint density at radius 3 is 2.65 bits per heavy atom. The molecule has 88 valence electrons. The highest BCUT2D eigenvalue weighted by Crippen LogP contribution is 2.19. The summed E-state index contributed by atoms with van der Waals surface area (Å²) in [6.45, 7) is 2.01. The van der Waals surface area contributed by atoms with Crippen molar-refractivity contribution in [1.29, 1.82) is 0 Å². The van der Waals surface area contributed by atoms with Gasteiger partial charge in [-0.2, -0.15) is 0 Å². The van der Waals surface area contributed by atoms with Gasteiger partial charge in [0.1, 0.15) is 12.4 Å². The first-order chi connectivity index (χ1) is 8.15. The molecule has 0 aliphatic carbocycles. The molecule has 0 heterocycles. The van der Waals surface area contributed by atoms with Gasteiger partial charge in [-0.05, 0) is 42.3 Å². The third-order valence-corrected chi connectivity index (χ3v) is 2.37. The molecule has 0 bridgehead atoms. The molecule has 0 N–H and O–H groups in total. The van der Waals surface area contributed by atoms with E-state index in [1.165, 1.54) is 18.2 Å². The third kappa shape index (κ3) is 3.03. The van der Waals surface area contributed by atoms with Crippen molar-refractivity contribution in [2.75, 3.05) is 0 Å². The second-order valence-electron chi connectivity index (χ2n) is 3.85.